The number of halogens is 2. The molecule has 36 heavy (non-hydrogen) atoms. The molecule has 0 aliphatic heterocycles. The lowest BCUT2D eigenvalue weighted by Crippen LogP contribution is -2.12. The first-order valence-electron chi connectivity index (χ1n) is 11.1. The first-order valence-corrected chi connectivity index (χ1v) is 11.1. The number of hydrogen-bond acceptors (Lipinski definition) is 8. The van der Waals surface area contributed by atoms with Crippen LogP contribution in [-0.2, 0) is 6.42 Å². The third-order valence-corrected chi connectivity index (χ3v) is 5.25. The molecule has 0 amide bonds. The molecule has 0 aliphatic rings. The van der Waals surface area contributed by atoms with Gasteiger partial charge in [0.1, 0.15) is 23.2 Å². The molecule has 10 heteroatoms. The average Bonchev–Trinajstić information content (AvgIpc) is 2.81. The molecular weight excluding hydrogens is 466 g/mol. The summed E-state index contributed by atoms with van der Waals surface area (Å²) in [7, 11) is 0. The van der Waals surface area contributed by atoms with Gasteiger partial charge in [0.05, 0.1) is 28.7 Å². The van der Waals surface area contributed by atoms with Crippen LogP contribution in [0, 0.1) is 18.6 Å². The van der Waals surface area contributed by atoms with Crippen molar-refractivity contribution in [3.63, 3.8) is 0 Å². The molecule has 3 heterocycles. The zero-order chi connectivity index (χ0) is 26.0. The summed E-state index contributed by atoms with van der Waals surface area (Å²) in [5.74, 6) is -1.57. The molecule has 4 N–H and O–H groups in total. The Hall–Kier alpha value is -4.47. The highest BCUT2D eigenvalue weighted by molar-refractivity contribution is 6.01. The van der Waals surface area contributed by atoms with E-state index in [4.69, 9.17) is 16.2 Å². The fourth-order valence-corrected chi connectivity index (χ4v) is 3.75. The van der Waals surface area contributed by atoms with Crippen molar-refractivity contribution in [2.75, 3.05) is 11.5 Å². The van der Waals surface area contributed by atoms with Crippen LogP contribution in [0.2, 0.25) is 0 Å². The van der Waals surface area contributed by atoms with Crippen LogP contribution in [0.4, 0.5) is 20.3 Å². The second-order valence-corrected chi connectivity index (χ2v) is 8.39. The van der Waals surface area contributed by atoms with Gasteiger partial charge in [0.2, 0.25) is 0 Å². The van der Waals surface area contributed by atoms with Crippen LogP contribution in [-0.4, -0.2) is 31.8 Å². The van der Waals surface area contributed by atoms with Gasteiger partial charge in [0.25, 0.3) is 0 Å². The lowest BCUT2D eigenvalue weighted by Gasteiger charge is -2.14. The quantitative estimate of drug-likeness (QED) is 0.361. The van der Waals surface area contributed by atoms with E-state index in [1.165, 1.54) is 24.4 Å². The van der Waals surface area contributed by atoms with Gasteiger partial charge in [-0.25, -0.2) is 23.7 Å². The Balaban J connectivity index is 1.72. The van der Waals surface area contributed by atoms with E-state index in [9.17, 15) is 9.18 Å². The van der Waals surface area contributed by atoms with Crippen LogP contribution < -0.4 is 16.2 Å². The van der Waals surface area contributed by atoms with Crippen molar-refractivity contribution in [3.05, 3.63) is 77.5 Å². The number of ketones is 1. The van der Waals surface area contributed by atoms with E-state index in [1.807, 2.05) is 0 Å². The van der Waals surface area contributed by atoms with E-state index in [-0.39, 0.29) is 41.2 Å². The van der Waals surface area contributed by atoms with E-state index in [2.05, 4.69) is 19.9 Å². The van der Waals surface area contributed by atoms with Crippen LogP contribution in [0.15, 0.2) is 48.8 Å². The average molecular weight is 491 g/mol. The fourth-order valence-electron chi connectivity index (χ4n) is 3.75. The maximum Gasteiger partial charge on any atom is 0.187 e. The number of nitrogens with two attached hydrogens (primary N) is 2. The monoisotopic (exact) mass is 490 g/mol. The Morgan fingerprint density at radius 2 is 1.81 bits per heavy atom. The first kappa shape index (κ1) is 24.6. The van der Waals surface area contributed by atoms with Gasteiger partial charge in [-0.3, -0.25) is 9.78 Å². The fraction of sp³-hybridized carbons (Fsp3) is 0.192. The number of anilines is 2. The molecule has 4 aromatic rings. The molecule has 1 aromatic carbocycles. The van der Waals surface area contributed by atoms with Gasteiger partial charge < -0.3 is 16.2 Å². The van der Waals surface area contributed by atoms with Crippen LogP contribution in [0.25, 0.3) is 22.5 Å². The normalized spacial score (nSPS) is 11.1. The third kappa shape index (κ3) is 5.12. The number of pyridine rings is 2. The molecule has 0 atom stereocenters. The molecule has 0 saturated carbocycles. The van der Waals surface area contributed by atoms with E-state index in [0.29, 0.717) is 22.6 Å². The van der Waals surface area contributed by atoms with E-state index in [1.54, 1.807) is 39.1 Å². The number of nitrogen functional groups attached to an aromatic ring is 2. The second kappa shape index (κ2) is 10.0. The third-order valence-electron chi connectivity index (χ3n) is 5.25. The van der Waals surface area contributed by atoms with Crippen LogP contribution in [0.5, 0.6) is 5.75 Å². The van der Waals surface area contributed by atoms with E-state index in [0.717, 1.165) is 6.07 Å². The Labute approximate surface area is 206 Å². The topological polar surface area (TPSA) is 130 Å². The molecule has 0 bridgehead atoms. The maximum atomic E-state index is 15.1. The van der Waals surface area contributed by atoms with Crippen molar-refractivity contribution in [2.45, 2.75) is 33.3 Å². The molecule has 0 radical (unpaired) electrons. The molecule has 0 saturated heterocycles. The summed E-state index contributed by atoms with van der Waals surface area (Å²) in [4.78, 5) is 30.1. The highest BCUT2D eigenvalue weighted by Gasteiger charge is 2.22. The SMILES string of the molecule is Cc1nc(N)cc(-c2ccncc2CC(=O)c2nc(-c3c(F)ccc(OC(C)C)c3F)ccc2N)n1. The van der Waals surface area contributed by atoms with Gasteiger partial charge >= 0.3 is 0 Å². The number of nitrogens with zero attached hydrogens (tertiary/aromatic N) is 4. The summed E-state index contributed by atoms with van der Waals surface area (Å²) in [6, 6.07) is 8.36. The molecule has 0 aliphatic carbocycles. The number of rotatable bonds is 7. The highest BCUT2D eigenvalue weighted by Crippen LogP contribution is 2.33. The summed E-state index contributed by atoms with van der Waals surface area (Å²) >= 11 is 0. The Morgan fingerprint density at radius 3 is 2.53 bits per heavy atom. The van der Waals surface area contributed by atoms with Gasteiger partial charge in [-0.1, -0.05) is 0 Å². The Morgan fingerprint density at radius 1 is 1.03 bits per heavy atom. The number of benzene rings is 1. The van der Waals surface area contributed by atoms with E-state index < -0.39 is 23.0 Å². The summed E-state index contributed by atoms with van der Waals surface area (Å²) in [6.45, 7) is 5.16. The minimum Gasteiger partial charge on any atom is -0.488 e. The van der Waals surface area contributed by atoms with Gasteiger partial charge in [0, 0.05) is 30.4 Å². The molecule has 0 fully saturated rings. The number of aromatic nitrogens is 4. The summed E-state index contributed by atoms with van der Waals surface area (Å²) in [5.41, 5.74) is 13.1. The Kier molecular flexibility index (Phi) is 6.86. The van der Waals surface area contributed by atoms with Crippen molar-refractivity contribution in [1.29, 1.82) is 0 Å². The molecule has 3 aromatic heterocycles. The standard InChI is InChI=1S/C26H24F2N6O2/c1-13(2)36-22-7-4-17(27)24(25(22)28)19-6-5-18(29)26(34-19)21(35)10-15-12-31-9-8-16(15)20-11-23(30)33-14(3)32-20/h4-9,11-13H,10,29H2,1-3H3,(H2,30,32,33). The minimum atomic E-state index is -0.911. The first-order chi connectivity index (χ1) is 17.1. The van der Waals surface area contributed by atoms with Gasteiger partial charge in [-0.05, 0) is 56.7 Å². The largest absolute Gasteiger partial charge is 0.488 e. The predicted octanol–water partition coefficient (Wildman–Crippen LogP) is 4.56. The van der Waals surface area contributed by atoms with Crippen molar-refractivity contribution >= 4 is 17.3 Å². The lowest BCUT2D eigenvalue weighted by molar-refractivity contribution is 0.0989. The van der Waals surface area contributed by atoms with Crippen LogP contribution in [0.1, 0.15) is 35.7 Å². The van der Waals surface area contributed by atoms with Gasteiger partial charge in [-0.2, -0.15) is 0 Å². The number of hydrogen-bond donors (Lipinski definition) is 2. The number of aryl methyl sites for hydroxylation is 1. The zero-order valence-corrected chi connectivity index (χ0v) is 19.9. The number of Topliss-reactive ketones (excluding diaryl/α,β-unsaturated/α-hetero) is 1. The molecule has 0 spiro atoms. The zero-order valence-electron chi connectivity index (χ0n) is 19.9. The molecule has 184 valence electrons. The van der Waals surface area contributed by atoms with Crippen LogP contribution in [0.3, 0.4) is 0 Å². The van der Waals surface area contributed by atoms with Crippen molar-refractivity contribution in [3.8, 4) is 28.3 Å². The van der Waals surface area contributed by atoms with Gasteiger partial charge in [-0.15, -0.1) is 0 Å². The highest BCUT2D eigenvalue weighted by atomic mass is 19.1. The molecular formula is C26H24F2N6O2. The minimum absolute atomic E-state index is 0.0757. The van der Waals surface area contributed by atoms with Crippen molar-refractivity contribution in [1.82, 2.24) is 19.9 Å². The smallest absolute Gasteiger partial charge is 0.187 e. The maximum absolute atomic E-state index is 15.1. The number of carbonyl (C=O) groups excluding carboxylic acids is 1. The summed E-state index contributed by atoms with van der Waals surface area (Å²) in [5, 5.41) is 0. The molecule has 8 nitrogen and oxygen atoms in total. The summed E-state index contributed by atoms with van der Waals surface area (Å²) in [6.07, 6.45) is 2.65. The number of ether oxygens (including phenoxy) is 1. The van der Waals surface area contributed by atoms with E-state index >= 15 is 4.39 Å². The van der Waals surface area contributed by atoms with Crippen molar-refractivity contribution < 1.29 is 18.3 Å². The second-order valence-electron chi connectivity index (χ2n) is 8.39. The van der Waals surface area contributed by atoms with Crippen molar-refractivity contribution in [2.24, 2.45) is 0 Å². The van der Waals surface area contributed by atoms with Gasteiger partial charge in [0.15, 0.2) is 17.3 Å². The number of carbonyl (C=O) groups is 1. The van der Waals surface area contributed by atoms with Crippen LogP contribution >= 0.6 is 0 Å². The summed E-state index contributed by atoms with van der Waals surface area (Å²) < 4.78 is 35.2. The molecule has 0 unspecified atom stereocenters. The Bertz CT molecular complexity index is 1440. The predicted molar refractivity (Wildman–Crippen MR) is 132 cm³/mol. The molecule has 4 rings (SSSR count). The lowest BCUT2D eigenvalue weighted by atomic mass is 9.99.